The number of hydrogen-bond donors (Lipinski definition) is 0. The van der Waals surface area contributed by atoms with Crippen LogP contribution in [0.3, 0.4) is 0 Å². The number of hydrogen-bond acceptors (Lipinski definition) is 0. The maximum absolute atomic E-state index is 12.3. The molecule has 0 saturated heterocycles. The second-order valence-corrected chi connectivity index (χ2v) is 3.12. The van der Waals surface area contributed by atoms with Crippen LogP contribution in [0.5, 0.6) is 0 Å². The molecule has 0 bridgehead atoms. The van der Waals surface area contributed by atoms with Gasteiger partial charge in [-0.25, -0.2) is 8.78 Å². The molecule has 0 N–H and O–H groups in total. The molecule has 0 amide bonds. The maximum Gasteiger partial charge on any atom is 0.416 e. The standard InChI is InChI=1S/C10H9F5/c1-2-6-3-7(9(11)12)5-8(4-6)10(13,14)15/h3-5,9H,2H2,1H3. The van der Waals surface area contributed by atoms with Gasteiger partial charge < -0.3 is 0 Å². The number of halogens is 5. The van der Waals surface area contributed by atoms with Crippen LogP contribution in [-0.4, -0.2) is 0 Å². The van der Waals surface area contributed by atoms with E-state index in [1.165, 1.54) is 0 Å². The molecular weight excluding hydrogens is 215 g/mol. The molecule has 15 heavy (non-hydrogen) atoms. The zero-order chi connectivity index (χ0) is 11.6. The molecule has 0 aliphatic heterocycles. The van der Waals surface area contributed by atoms with Gasteiger partial charge in [0.1, 0.15) is 0 Å². The lowest BCUT2D eigenvalue weighted by Crippen LogP contribution is -2.06. The van der Waals surface area contributed by atoms with Gasteiger partial charge >= 0.3 is 6.18 Å². The predicted octanol–water partition coefficient (Wildman–Crippen LogP) is 4.21. The van der Waals surface area contributed by atoms with Gasteiger partial charge in [0.05, 0.1) is 5.56 Å². The Morgan fingerprint density at radius 1 is 1.13 bits per heavy atom. The number of aryl methyl sites for hydroxylation is 1. The molecule has 0 nitrogen and oxygen atoms in total. The van der Waals surface area contributed by atoms with Crippen molar-refractivity contribution in [1.29, 1.82) is 0 Å². The lowest BCUT2D eigenvalue weighted by molar-refractivity contribution is -0.137. The van der Waals surface area contributed by atoms with Crippen molar-refractivity contribution < 1.29 is 22.0 Å². The molecule has 0 atom stereocenters. The van der Waals surface area contributed by atoms with E-state index < -0.39 is 23.7 Å². The Morgan fingerprint density at radius 3 is 2.13 bits per heavy atom. The first kappa shape index (κ1) is 11.9. The van der Waals surface area contributed by atoms with Crippen LogP contribution in [0.15, 0.2) is 18.2 Å². The zero-order valence-corrected chi connectivity index (χ0v) is 7.91. The summed E-state index contributed by atoms with van der Waals surface area (Å²) in [6.07, 6.45) is -7.16. The summed E-state index contributed by atoms with van der Waals surface area (Å²) < 4.78 is 61.5. The summed E-state index contributed by atoms with van der Waals surface area (Å²) in [6.45, 7) is 1.62. The molecule has 5 heteroatoms. The Balaban J connectivity index is 3.23. The van der Waals surface area contributed by atoms with E-state index in [1.807, 2.05) is 0 Å². The van der Waals surface area contributed by atoms with E-state index in [9.17, 15) is 22.0 Å². The third-order valence-corrected chi connectivity index (χ3v) is 2.00. The molecule has 0 aliphatic rings. The smallest absolute Gasteiger partial charge is 0.205 e. The van der Waals surface area contributed by atoms with Crippen molar-refractivity contribution in [1.82, 2.24) is 0 Å². The fourth-order valence-electron chi connectivity index (χ4n) is 1.21. The highest BCUT2D eigenvalue weighted by Gasteiger charge is 2.31. The highest BCUT2D eigenvalue weighted by molar-refractivity contribution is 5.32. The first-order chi connectivity index (χ1) is 6.84. The van der Waals surface area contributed by atoms with Gasteiger partial charge in [0.2, 0.25) is 0 Å². The highest BCUT2D eigenvalue weighted by atomic mass is 19.4. The Hall–Kier alpha value is -1.13. The average Bonchev–Trinajstić information content (AvgIpc) is 2.15. The molecule has 0 unspecified atom stereocenters. The van der Waals surface area contributed by atoms with Crippen molar-refractivity contribution in [2.24, 2.45) is 0 Å². The second-order valence-electron chi connectivity index (χ2n) is 3.12. The number of benzene rings is 1. The molecule has 1 rings (SSSR count). The van der Waals surface area contributed by atoms with E-state index in [0.717, 1.165) is 12.1 Å². The van der Waals surface area contributed by atoms with Gasteiger partial charge in [-0.2, -0.15) is 13.2 Å². The summed E-state index contributed by atoms with van der Waals surface area (Å²) in [5, 5.41) is 0. The average molecular weight is 224 g/mol. The van der Waals surface area contributed by atoms with Crippen molar-refractivity contribution in [3.63, 3.8) is 0 Å². The molecule has 0 aromatic heterocycles. The summed E-state index contributed by atoms with van der Waals surface area (Å²) in [6, 6.07) is 2.48. The molecule has 0 spiro atoms. The van der Waals surface area contributed by atoms with Crippen molar-refractivity contribution >= 4 is 0 Å². The fraction of sp³-hybridized carbons (Fsp3) is 0.400. The van der Waals surface area contributed by atoms with Crippen LogP contribution in [0.4, 0.5) is 22.0 Å². The van der Waals surface area contributed by atoms with Crippen molar-refractivity contribution in [3.8, 4) is 0 Å². The van der Waals surface area contributed by atoms with Gasteiger partial charge in [0.15, 0.2) is 0 Å². The van der Waals surface area contributed by atoms with E-state index in [4.69, 9.17) is 0 Å². The van der Waals surface area contributed by atoms with Gasteiger partial charge in [0.25, 0.3) is 6.43 Å². The quantitative estimate of drug-likeness (QED) is 0.660. The van der Waals surface area contributed by atoms with E-state index in [1.54, 1.807) is 6.92 Å². The monoisotopic (exact) mass is 224 g/mol. The van der Waals surface area contributed by atoms with Crippen molar-refractivity contribution in [2.75, 3.05) is 0 Å². The van der Waals surface area contributed by atoms with Crippen molar-refractivity contribution in [3.05, 3.63) is 34.9 Å². The third-order valence-electron chi connectivity index (χ3n) is 2.00. The first-order valence-electron chi connectivity index (χ1n) is 4.33. The van der Waals surface area contributed by atoms with Gasteiger partial charge in [0, 0.05) is 5.56 Å². The minimum atomic E-state index is -4.57. The zero-order valence-electron chi connectivity index (χ0n) is 7.91. The molecule has 1 aromatic rings. The van der Waals surface area contributed by atoms with Crippen LogP contribution >= 0.6 is 0 Å². The van der Waals surface area contributed by atoms with Crippen LogP contribution in [-0.2, 0) is 12.6 Å². The Morgan fingerprint density at radius 2 is 1.73 bits per heavy atom. The predicted molar refractivity (Wildman–Crippen MR) is 45.8 cm³/mol. The Labute approximate surface area is 83.7 Å². The summed E-state index contributed by atoms with van der Waals surface area (Å²) >= 11 is 0. The third kappa shape index (κ3) is 2.91. The lowest BCUT2D eigenvalue weighted by Gasteiger charge is -2.10. The van der Waals surface area contributed by atoms with Gasteiger partial charge in [-0.15, -0.1) is 0 Å². The maximum atomic E-state index is 12.3. The van der Waals surface area contributed by atoms with E-state index in [2.05, 4.69) is 0 Å². The van der Waals surface area contributed by atoms with Gasteiger partial charge in [-0.1, -0.05) is 13.0 Å². The largest absolute Gasteiger partial charge is 0.416 e. The highest BCUT2D eigenvalue weighted by Crippen LogP contribution is 2.33. The SMILES string of the molecule is CCc1cc(C(F)F)cc(C(F)(F)F)c1. The second kappa shape index (κ2) is 4.16. The molecule has 0 fully saturated rings. The van der Waals surface area contributed by atoms with Crippen LogP contribution < -0.4 is 0 Å². The van der Waals surface area contributed by atoms with E-state index in [0.29, 0.717) is 12.5 Å². The van der Waals surface area contributed by atoms with Gasteiger partial charge in [-0.05, 0) is 24.1 Å². The van der Waals surface area contributed by atoms with Crippen LogP contribution in [0.2, 0.25) is 0 Å². The summed E-state index contributed by atoms with van der Waals surface area (Å²) in [5.74, 6) is 0. The summed E-state index contributed by atoms with van der Waals surface area (Å²) in [4.78, 5) is 0. The summed E-state index contributed by atoms with van der Waals surface area (Å²) in [5.41, 5.74) is -1.33. The van der Waals surface area contributed by atoms with Crippen LogP contribution in [0.25, 0.3) is 0 Å². The van der Waals surface area contributed by atoms with Crippen molar-refractivity contribution in [2.45, 2.75) is 25.9 Å². The minimum absolute atomic E-state index is 0.264. The first-order valence-corrected chi connectivity index (χ1v) is 4.33. The molecular formula is C10H9F5. The topological polar surface area (TPSA) is 0 Å². The van der Waals surface area contributed by atoms with Crippen LogP contribution in [0, 0.1) is 0 Å². The molecule has 0 saturated carbocycles. The Kier molecular flexibility index (Phi) is 3.31. The molecule has 84 valence electrons. The van der Waals surface area contributed by atoms with Crippen LogP contribution in [0.1, 0.15) is 30.0 Å². The van der Waals surface area contributed by atoms with E-state index >= 15 is 0 Å². The number of rotatable bonds is 2. The normalized spacial score (nSPS) is 12.2. The van der Waals surface area contributed by atoms with Gasteiger partial charge in [-0.3, -0.25) is 0 Å². The Bertz CT molecular complexity index is 340. The molecule has 1 aromatic carbocycles. The number of alkyl halides is 5. The minimum Gasteiger partial charge on any atom is -0.205 e. The fourth-order valence-corrected chi connectivity index (χ4v) is 1.21. The molecule has 0 aliphatic carbocycles. The lowest BCUT2D eigenvalue weighted by atomic mass is 10.0. The van der Waals surface area contributed by atoms with E-state index in [-0.39, 0.29) is 5.56 Å². The molecule has 0 radical (unpaired) electrons. The molecule has 0 heterocycles. The summed E-state index contributed by atoms with van der Waals surface area (Å²) in [7, 11) is 0.